The molecule has 0 aliphatic carbocycles. The highest BCUT2D eigenvalue weighted by atomic mass is 35.5. The summed E-state index contributed by atoms with van der Waals surface area (Å²) in [5.41, 5.74) is 0. The van der Waals surface area contributed by atoms with Crippen molar-refractivity contribution in [2.45, 2.75) is 18.3 Å². The van der Waals surface area contributed by atoms with Crippen molar-refractivity contribution < 1.29 is 30.9 Å². The summed E-state index contributed by atoms with van der Waals surface area (Å²) in [7, 11) is 0. The normalized spacial score (nSPS) is 13.6. The second-order valence-electron chi connectivity index (χ2n) is 2.42. The number of nitrogens with zero attached hydrogens (tertiary/aromatic N) is 2. The van der Waals surface area contributed by atoms with E-state index in [1.807, 2.05) is 0 Å². The van der Waals surface area contributed by atoms with Gasteiger partial charge in [0, 0.05) is 0 Å². The maximum Gasteiger partial charge on any atom is 0.409 e. The van der Waals surface area contributed by atoms with Crippen molar-refractivity contribution in [3.63, 3.8) is 0 Å². The minimum Gasteiger partial charge on any atom is -0.337 e. The molecule has 0 saturated heterocycles. The zero-order valence-corrected chi connectivity index (χ0v) is 7.28. The molecule has 1 heterocycles. The standard InChI is InChI=1S/C5HClF6N2O/c6-3-13-2(15-14-3)1(4(7,8)9)5(10,11)12/h1H. The lowest BCUT2D eigenvalue weighted by molar-refractivity contribution is -0.259. The van der Waals surface area contributed by atoms with E-state index in [0.717, 1.165) is 0 Å². The molecule has 1 rings (SSSR count). The third-order valence-corrected chi connectivity index (χ3v) is 1.47. The van der Waals surface area contributed by atoms with Crippen molar-refractivity contribution in [2.24, 2.45) is 0 Å². The Morgan fingerprint density at radius 2 is 1.53 bits per heavy atom. The van der Waals surface area contributed by atoms with Gasteiger partial charge in [0.2, 0.25) is 11.8 Å². The van der Waals surface area contributed by atoms with Crippen LogP contribution < -0.4 is 0 Å². The molecule has 0 spiro atoms. The van der Waals surface area contributed by atoms with Crippen LogP contribution in [0.15, 0.2) is 4.52 Å². The Hall–Kier alpha value is -0.990. The molecule has 0 unspecified atom stereocenters. The molecule has 15 heavy (non-hydrogen) atoms. The maximum absolute atomic E-state index is 12.0. The Morgan fingerprint density at radius 3 is 1.80 bits per heavy atom. The first-order valence-electron chi connectivity index (χ1n) is 3.25. The second kappa shape index (κ2) is 3.54. The van der Waals surface area contributed by atoms with Gasteiger partial charge in [-0.25, -0.2) is 0 Å². The summed E-state index contributed by atoms with van der Waals surface area (Å²) >= 11 is 4.95. The lowest BCUT2D eigenvalue weighted by atomic mass is 10.1. The molecule has 0 atom stereocenters. The largest absolute Gasteiger partial charge is 0.409 e. The van der Waals surface area contributed by atoms with E-state index in [-0.39, 0.29) is 0 Å². The van der Waals surface area contributed by atoms with Crippen LogP contribution in [-0.4, -0.2) is 22.5 Å². The zero-order chi connectivity index (χ0) is 11.9. The van der Waals surface area contributed by atoms with E-state index >= 15 is 0 Å². The Balaban J connectivity index is 3.14. The predicted molar refractivity (Wildman–Crippen MR) is 34.2 cm³/mol. The molecule has 0 aliphatic heterocycles. The second-order valence-corrected chi connectivity index (χ2v) is 2.76. The number of rotatable bonds is 1. The molecule has 10 heteroatoms. The lowest BCUT2D eigenvalue weighted by Gasteiger charge is -2.18. The summed E-state index contributed by atoms with van der Waals surface area (Å²) < 4.78 is 75.9. The average Bonchev–Trinajstić information content (AvgIpc) is 2.28. The fourth-order valence-electron chi connectivity index (χ4n) is 0.799. The molecule has 0 saturated carbocycles. The van der Waals surface area contributed by atoms with Crippen LogP contribution in [0.4, 0.5) is 26.3 Å². The van der Waals surface area contributed by atoms with Crippen molar-refractivity contribution in [1.29, 1.82) is 0 Å². The van der Waals surface area contributed by atoms with Crippen molar-refractivity contribution in [3.05, 3.63) is 11.2 Å². The van der Waals surface area contributed by atoms with Crippen LogP contribution >= 0.6 is 11.6 Å². The van der Waals surface area contributed by atoms with Crippen LogP contribution in [0, 0.1) is 0 Å². The molecule has 0 fully saturated rings. The highest BCUT2D eigenvalue weighted by Crippen LogP contribution is 2.45. The first-order chi connectivity index (χ1) is 6.62. The molecular formula is C5HClF6N2O. The fraction of sp³-hybridized carbons (Fsp3) is 0.600. The van der Waals surface area contributed by atoms with Gasteiger partial charge in [-0.1, -0.05) is 0 Å². The summed E-state index contributed by atoms with van der Waals surface area (Å²) in [5, 5.41) is 1.83. The summed E-state index contributed by atoms with van der Waals surface area (Å²) in [6.45, 7) is 0. The molecule has 0 radical (unpaired) electrons. The van der Waals surface area contributed by atoms with Crippen LogP contribution in [0.3, 0.4) is 0 Å². The van der Waals surface area contributed by atoms with Crippen molar-refractivity contribution in [2.75, 3.05) is 0 Å². The fourth-order valence-corrected chi connectivity index (χ4v) is 0.917. The van der Waals surface area contributed by atoms with E-state index in [0.29, 0.717) is 0 Å². The lowest BCUT2D eigenvalue weighted by Crippen LogP contribution is -2.34. The van der Waals surface area contributed by atoms with Gasteiger partial charge >= 0.3 is 12.4 Å². The third kappa shape index (κ3) is 2.74. The number of aromatic nitrogens is 2. The van der Waals surface area contributed by atoms with Gasteiger partial charge in [-0.2, -0.15) is 31.3 Å². The SMILES string of the molecule is FC(F)(F)C(c1nc(Cl)no1)C(F)(F)F. The minimum absolute atomic E-state index is 0.816. The Morgan fingerprint density at radius 1 is 1.07 bits per heavy atom. The number of hydrogen-bond acceptors (Lipinski definition) is 3. The van der Waals surface area contributed by atoms with Crippen LogP contribution in [-0.2, 0) is 0 Å². The van der Waals surface area contributed by atoms with Crippen molar-refractivity contribution in [1.82, 2.24) is 10.1 Å². The first-order valence-corrected chi connectivity index (χ1v) is 3.62. The summed E-state index contributed by atoms with van der Waals surface area (Å²) in [4.78, 5) is 2.69. The molecule has 1 aromatic rings. The van der Waals surface area contributed by atoms with E-state index < -0.39 is 29.4 Å². The van der Waals surface area contributed by atoms with Crippen LogP contribution in [0.2, 0.25) is 5.28 Å². The molecule has 0 amide bonds. The highest BCUT2D eigenvalue weighted by Gasteiger charge is 2.60. The maximum atomic E-state index is 12.0. The molecular weight excluding hydrogens is 254 g/mol. The molecule has 0 aromatic carbocycles. The molecule has 0 bridgehead atoms. The summed E-state index contributed by atoms with van der Waals surface area (Å²) in [5.74, 6) is -5.44. The van der Waals surface area contributed by atoms with Crippen molar-refractivity contribution in [3.8, 4) is 0 Å². The highest BCUT2D eigenvalue weighted by molar-refractivity contribution is 6.28. The van der Waals surface area contributed by atoms with E-state index in [4.69, 9.17) is 11.6 Å². The van der Waals surface area contributed by atoms with Gasteiger partial charge in [0.15, 0.2) is 0 Å². The van der Waals surface area contributed by atoms with Gasteiger partial charge in [0.25, 0.3) is 5.28 Å². The van der Waals surface area contributed by atoms with Crippen molar-refractivity contribution >= 4 is 11.6 Å². The Labute approximate surface area is 83.0 Å². The van der Waals surface area contributed by atoms with Gasteiger partial charge in [0.1, 0.15) is 0 Å². The van der Waals surface area contributed by atoms with E-state index in [9.17, 15) is 26.3 Å². The molecule has 0 aliphatic rings. The average molecular weight is 255 g/mol. The first kappa shape index (κ1) is 12.1. The van der Waals surface area contributed by atoms with Crippen LogP contribution in [0.25, 0.3) is 0 Å². The molecule has 3 nitrogen and oxygen atoms in total. The number of alkyl halides is 6. The number of halogens is 7. The Bertz CT molecular complexity index is 330. The molecule has 0 N–H and O–H groups in total. The summed E-state index contributed by atoms with van der Waals surface area (Å²) in [6.07, 6.45) is -11.1. The van der Waals surface area contributed by atoms with Gasteiger partial charge in [-0.15, -0.1) is 0 Å². The molecule has 86 valence electrons. The zero-order valence-electron chi connectivity index (χ0n) is 6.53. The van der Waals surface area contributed by atoms with Gasteiger partial charge in [-0.3, -0.25) is 0 Å². The molecule has 1 aromatic heterocycles. The quantitative estimate of drug-likeness (QED) is 0.723. The summed E-state index contributed by atoms with van der Waals surface area (Å²) in [6, 6.07) is 0. The van der Waals surface area contributed by atoms with E-state index in [1.165, 1.54) is 0 Å². The predicted octanol–water partition coefficient (Wildman–Crippen LogP) is 2.93. The van der Waals surface area contributed by atoms with E-state index in [2.05, 4.69) is 14.7 Å². The van der Waals surface area contributed by atoms with Gasteiger partial charge in [-0.05, 0) is 16.8 Å². The number of hydrogen-bond donors (Lipinski definition) is 0. The van der Waals surface area contributed by atoms with E-state index in [1.54, 1.807) is 0 Å². The van der Waals surface area contributed by atoms with Gasteiger partial charge < -0.3 is 4.52 Å². The van der Waals surface area contributed by atoms with Crippen LogP contribution in [0.1, 0.15) is 11.8 Å². The monoisotopic (exact) mass is 254 g/mol. The minimum atomic E-state index is -5.56. The van der Waals surface area contributed by atoms with Gasteiger partial charge in [0.05, 0.1) is 0 Å². The third-order valence-electron chi connectivity index (χ3n) is 1.32. The van der Waals surface area contributed by atoms with Crippen LogP contribution in [0.5, 0.6) is 0 Å². The topological polar surface area (TPSA) is 38.9 Å². The smallest absolute Gasteiger partial charge is 0.337 e. The Kier molecular flexibility index (Phi) is 2.85.